The van der Waals surface area contributed by atoms with E-state index >= 15 is 0 Å². The average Bonchev–Trinajstić information content (AvgIpc) is 3.26. The Kier molecular flexibility index (Phi) is 6.84. The molecular formula is C23H37I. The minimum absolute atomic E-state index is 0.495. The molecule has 1 aliphatic rings. The summed E-state index contributed by atoms with van der Waals surface area (Å²) in [7, 11) is 0. The van der Waals surface area contributed by atoms with Crippen LogP contribution in [0.2, 0.25) is 0 Å². The molecule has 1 aromatic carbocycles. The van der Waals surface area contributed by atoms with E-state index in [0.29, 0.717) is 8.84 Å². The molecule has 0 aliphatic heterocycles. The smallest absolute Gasteiger partial charge is 0.0223 e. The second-order valence-corrected chi connectivity index (χ2v) is 11.2. The van der Waals surface area contributed by atoms with Crippen LogP contribution in [0.25, 0.3) is 0 Å². The summed E-state index contributed by atoms with van der Waals surface area (Å²) in [6.07, 6.45) is 12.1. The fourth-order valence-corrected chi connectivity index (χ4v) is 4.28. The number of hydrogen-bond acceptors (Lipinski definition) is 0. The normalized spacial score (nSPS) is 16.5. The van der Waals surface area contributed by atoms with E-state index in [1.807, 2.05) is 0 Å². The molecule has 1 fully saturated rings. The van der Waals surface area contributed by atoms with Gasteiger partial charge in [0.1, 0.15) is 0 Å². The molecule has 0 unspecified atom stereocenters. The maximum atomic E-state index is 2.69. The Hall–Kier alpha value is -0.0500. The highest BCUT2D eigenvalue weighted by molar-refractivity contribution is 14.1. The lowest BCUT2D eigenvalue weighted by molar-refractivity contribution is 0.313. The Morgan fingerprint density at radius 1 is 0.958 bits per heavy atom. The van der Waals surface area contributed by atoms with Crippen LogP contribution in [0.4, 0.5) is 0 Å². The van der Waals surface area contributed by atoms with Crippen molar-refractivity contribution in [3.63, 3.8) is 0 Å². The summed E-state index contributed by atoms with van der Waals surface area (Å²) in [6, 6.07) is 2.55. The number of halogens is 1. The molecule has 0 spiro atoms. The van der Waals surface area contributed by atoms with Gasteiger partial charge in [-0.15, -0.1) is 0 Å². The molecule has 1 aliphatic carbocycles. The molecule has 0 atom stereocenters. The number of hydrogen-bond donors (Lipinski definition) is 0. The van der Waals surface area contributed by atoms with Crippen molar-refractivity contribution in [1.82, 2.24) is 0 Å². The summed E-state index contributed by atoms with van der Waals surface area (Å²) in [5, 5.41) is 0. The summed E-state index contributed by atoms with van der Waals surface area (Å²) in [5.41, 5.74) is 8.34. The van der Waals surface area contributed by atoms with E-state index < -0.39 is 0 Å². The molecule has 24 heavy (non-hydrogen) atoms. The third-order valence-corrected chi connectivity index (χ3v) is 8.18. The fourth-order valence-electron chi connectivity index (χ4n) is 3.62. The van der Waals surface area contributed by atoms with Crippen LogP contribution in [0.3, 0.4) is 0 Å². The summed E-state index contributed by atoms with van der Waals surface area (Å²) in [5.74, 6) is 0. The van der Waals surface area contributed by atoms with Crippen LogP contribution in [0, 0.1) is 26.2 Å². The number of rotatable bonds is 9. The van der Waals surface area contributed by atoms with Crippen molar-refractivity contribution in [3.05, 3.63) is 33.9 Å². The maximum Gasteiger partial charge on any atom is 0.0223 e. The molecule has 1 aromatic rings. The highest BCUT2D eigenvalue weighted by Gasteiger charge is 2.38. The van der Waals surface area contributed by atoms with Crippen molar-refractivity contribution in [2.24, 2.45) is 5.41 Å². The molecule has 1 heteroatoms. The first-order valence-corrected chi connectivity index (χ1v) is 11.0. The van der Waals surface area contributed by atoms with Crippen molar-refractivity contribution < 1.29 is 0 Å². The Labute approximate surface area is 164 Å². The fraction of sp³-hybridized carbons (Fsp3) is 0.739. The van der Waals surface area contributed by atoms with Gasteiger partial charge >= 0.3 is 0 Å². The molecule has 2 rings (SSSR count). The minimum atomic E-state index is 0.495. The largest absolute Gasteiger partial charge is 0.0789 e. The number of aryl methyl sites for hydroxylation is 2. The van der Waals surface area contributed by atoms with Gasteiger partial charge in [0, 0.05) is 3.42 Å². The molecule has 0 amide bonds. The van der Waals surface area contributed by atoms with Crippen LogP contribution in [-0.4, -0.2) is 3.42 Å². The van der Waals surface area contributed by atoms with Gasteiger partial charge in [0.2, 0.25) is 0 Å². The maximum absolute atomic E-state index is 2.69. The Bertz CT molecular complexity index is 564. The summed E-state index contributed by atoms with van der Waals surface area (Å²) >= 11 is 2.69. The van der Waals surface area contributed by atoms with Gasteiger partial charge < -0.3 is 0 Å². The van der Waals surface area contributed by atoms with Gasteiger partial charge in [-0.2, -0.15) is 0 Å². The van der Waals surface area contributed by atoms with Crippen LogP contribution >= 0.6 is 22.6 Å². The van der Waals surface area contributed by atoms with E-state index in [4.69, 9.17) is 0 Å². The molecule has 1 saturated carbocycles. The van der Waals surface area contributed by atoms with E-state index in [1.165, 1.54) is 68.9 Å². The first-order chi connectivity index (χ1) is 11.2. The standard InChI is InChI=1S/C23H37I/c1-7-22(5,6)12-8-10-20-16-21(19(4)17(2)18(20)3)11-9-13-23(24)14-15-23/h16H,7-15H2,1-6H3. The molecular weight excluding hydrogens is 403 g/mol. The van der Waals surface area contributed by atoms with Crippen LogP contribution in [0.5, 0.6) is 0 Å². The lowest BCUT2D eigenvalue weighted by atomic mass is 9.83. The lowest BCUT2D eigenvalue weighted by Crippen LogP contribution is -2.10. The van der Waals surface area contributed by atoms with E-state index in [2.05, 4.69) is 70.2 Å². The molecule has 136 valence electrons. The minimum Gasteiger partial charge on any atom is -0.0789 e. The van der Waals surface area contributed by atoms with E-state index in [0.717, 1.165) is 0 Å². The Balaban J connectivity index is 2.01. The average molecular weight is 440 g/mol. The van der Waals surface area contributed by atoms with E-state index in [9.17, 15) is 0 Å². The first-order valence-electron chi connectivity index (χ1n) is 9.95. The van der Waals surface area contributed by atoms with E-state index in [1.54, 1.807) is 16.7 Å². The first kappa shape index (κ1) is 20.3. The third kappa shape index (κ3) is 5.47. The van der Waals surface area contributed by atoms with Gasteiger partial charge in [0.15, 0.2) is 0 Å². The predicted octanol–water partition coefficient (Wildman–Crippen LogP) is 7.66. The molecule has 0 aromatic heterocycles. The topological polar surface area (TPSA) is 0 Å². The van der Waals surface area contributed by atoms with Crippen molar-refractivity contribution in [3.8, 4) is 0 Å². The van der Waals surface area contributed by atoms with Crippen LogP contribution in [-0.2, 0) is 12.8 Å². The van der Waals surface area contributed by atoms with Gasteiger partial charge in [-0.3, -0.25) is 0 Å². The Morgan fingerprint density at radius 3 is 2.00 bits per heavy atom. The quantitative estimate of drug-likeness (QED) is 0.273. The summed E-state index contributed by atoms with van der Waals surface area (Å²) in [4.78, 5) is 0. The van der Waals surface area contributed by atoms with Gasteiger partial charge in [-0.25, -0.2) is 0 Å². The SMILES string of the molecule is CCC(C)(C)CCCc1cc(CCCC2(I)CC2)c(C)c(C)c1C. The second kappa shape index (κ2) is 8.10. The molecule has 0 bridgehead atoms. The zero-order valence-corrected chi connectivity index (χ0v) is 19.0. The zero-order chi connectivity index (χ0) is 18.0. The molecule has 0 saturated heterocycles. The molecule has 0 N–H and O–H groups in total. The predicted molar refractivity (Wildman–Crippen MR) is 117 cm³/mol. The van der Waals surface area contributed by atoms with Gasteiger partial charge in [0.05, 0.1) is 0 Å². The Morgan fingerprint density at radius 2 is 1.50 bits per heavy atom. The van der Waals surface area contributed by atoms with Crippen LogP contribution in [0.1, 0.15) is 93.5 Å². The number of benzene rings is 1. The highest BCUT2D eigenvalue weighted by atomic mass is 127. The zero-order valence-electron chi connectivity index (χ0n) is 16.8. The van der Waals surface area contributed by atoms with Gasteiger partial charge in [-0.05, 0) is 105 Å². The summed E-state index contributed by atoms with van der Waals surface area (Å²) in [6.45, 7) is 14.1. The van der Waals surface area contributed by atoms with Crippen molar-refractivity contribution in [1.29, 1.82) is 0 Å². The molecule has 0 heterocycles. The molecule has 0 nitrogen and oxygen atoms in total. The van der Waals surface area contributed by atoms with Crippen molar-refractivity contribution in [2.45, 2.75) is 103 Å². The van der Waals surface area contributed by atoms with Crippen molar-refractivity contribution >= 4 is 22.6 Å². The van der Waals surface area contributed by atoms with Crippen LogP contribution in [0.15, 0.2) is 6.07 Å². The van der Waals surface area contributed by atoms with Gasteiger partial charge in [-0.1, -0.05) is 55.8 Å². The molecule has 0 radical (unpaired) electrons. The van der Waals surface area contributed by atoms with E-state index in [-0.39, 0.29) is 0 Å². The highest BCUT2D eigenvalue weighted by Crippen LogP contribution is 2.48. The third-order valence-electron chi connectivity index (χ3n) is 6.56. The lowest BCUT2D eigenvalue weighted by Gasteiger charge is -2.23. The summed E-state index contributed by atoms with van der Waals surface area (Å²) < 4.78 is 0.667. The second-order valence-electron chi connectivity index (χ2n) is 8.95. The number of alkyl halides is 1. The van der Waals surface area contributed by atoms with Crippen LogP contribution < -0.4 is 0 Å². The monoisotopic (exact) mass is 440 g/mol. The van der Waals surface area contributed by atoms with Crippen molar-refractivity contribution in [2.75, 3.05) is 0 Å². The van der Waals surface area contributed by atoms with Gasteiger partial charge in [0.25, 0.3) is 0 Å².